The van der Waals surface area contributed by atoms with Gasteiger partial charge in [-0.2, -0.15) is 0 Å². The van der Waals surface area contributed by atoms with Gasteiger partial charge in [0, 0.05) is 0 Å². The van der Waals surface area contributed by atoms with Gasteiger partial charge >= 0.3 is 0 Å². The van der Waals surface area contributed by atoms with E-state index < -0.39 is 0 Å². The Balaban J connectivity index is 0. The summed E-state index contributed by atoms with van der Waals surface area (Å²) in [5.41, 5.74) is 0. The van der Waals surface area contributed by atoms with Crippen LogP contribution in [-0.4, -0.2) is 0 Å². The van der Waals surface area contributed by atoms with Crippen molar-refractivity contribution in [1.29, 1.82) is 0 Å². The molecule has 0 atom stereocenters. The highest BCUT2D eigenvalue weighted by atomic mass is 35.5. The van der Waals surface area contributed by atoms with E-state index in [0.717, 1.165) is 0 Å². The summed E-state index contributed by atoms with van der Waals surface area (Å²) in [5.74, 6) is -0.178. The van der Waals surface area contributed by atoms with E-state index in [1.165, 1.54) is 12.1 Å². The van der Waals surface area contributed by atoms with Crippen LogP contribution in [0.15, 0.2) is 30.3 Å². The molecule has 0 radical (unpaired) electrons. The number of halogens is 2. The lowest BCUT2D eigenvalue weighted by Gasteiger charge is -1.78. The molecule has 0 aromatic heterocycles. The molecule has 3 heteroatoms. The van der Waals surface area contributed by atoms with E-state index in [2.05, 4.69) is 0 Å². The fraction of sp³-hybridized carbons (Fsp3) is 0. The lowest BCUT2D eigenvalue weighted by Crippen LogP contribution is -3.00. The SMILES string of the molecule is Fc1ccccc1.[Cl-].[SH3+]. The molecule has 0 heterocycles. The summed E-state index contributed by atoms with van der Waals surface area (Å²) in [6.07, 6.45) is 0. The van der Waals surface area contributed by atoms with Gasteiger partial charge in [0.1, 0.15) is 5.82 Å². The Hall–Kier alpha value is -0.210. The highest BCUT2D eigenvalue weighted by Gasteiger charge is 1.77. The first-order valence-corrected chi connectivity index (χ1v) is 2.10. The third-order valence-corrected chi connectivity index (χ3v) is 0.733. The topological polar surface area (TPSA) is 0 Å². The molecule has 0 unspecified atom stereocenters. The highest BCUT2D eigenvalue weighted by molar-refractivity contribution is 7.37. The Labute approximate surface area is 66.9 Å². The molecule has 0 fully saturated rings. The van der Waals surface area contributed by atoms with Gasteiger partial charge in [-0.3, -0.25) is 0 Å². The normalized spacial score (nSPS) is 6.78. The molecule has 1 aromatic carbocycles. The van der Waals surface area contributed by atoms with Crippen LogP contribution >= 0.6 is 0 Å². The average molecular weight is 167 g/mol. The number of hydrogen-bond donors (Lipinski definition) is 0. The van der Waals surface area contributed by atoms with E-state index in [1.807, 2.05) is 0 Å². The van der Waals surface area contributed by atoms with Gasteiger partial charge in [-0.25, -0.2) is 4.39 Å². The molecule has 0 amide bonds. The van der Waals surface area contributed by atoms with Gasteiger partial charge in [0.25, 0.3) is 0 Å². The van der Waals surface area contributed by atoms with E-state index >= 15 is 0 Å². The summed E-state index contributed by atoms with van der Waals surface area (Å²) in [4.78, 5) is 0. The number of hydrogen-bond acceptors (Lipinski definition) is 0. The third kappa shape index (κ3) is 4.30. The van der Waals surface area contributed by atoms with Gasteiger partial charge in [-0.1, -0.05) is 31.7 Å². The van der Waals surface area contributed by atoms with Crippen molar-refractivity contribution in [2.24, 2.45) is 0 Å². The molecular formula is C6H8ClFS. The summed E-state index contributed by atoms with van der Waals surface area (Å²) < 4.78 is 11.9. The van der Waals surface area contributed by atoms with Gasteiger partial charge in [0.2, 0.25) is 0 Å². The maximum Gasteiger partial charge on any atom is 0.123 e. The van der Waals surface area contributed by atoms with E-state index in [-0.39, 0.29) is 31.7 Å². The second-order valence-corrected chi connectivity index (χ2v) is 1.30. The Kier molecular flexibility index (Phi) is 7.61. The minimum Gasteiger partial charge on any atom is -1.00 e. The molecule has 0 saturated heterocycles. The van der Waals surface area contributed by atoms with Crippen molar-refractivity contribution in [3.8, 4) is 0 Å². The lowest BCUT2D eigenvalue weighted by molar-refractivity contribution is -0.00000217. The van der Waals surface area contributed by atoms with Crippen LogP contribution in [0.5, 0.6) is 0 Å². The Bertz CT molecular complexity index is 143. The van der Waals surface area contributed by atoms with Crippen molar-refractivity contribution in [1.82, 2.24) is 0 Å². The van der Waals surface area contributed by atoms with Gasteiger partial charge < -0.3 is 12.4 Å². The first-order chi connectivity index (χ1) is 3.39. The van der Waals surface area contributed by atoms with E-state index in [0.29, 0.717) is 0 Å². The lowest BCUT2D eigenvalue weighted by atomic mass is 10.4. The predicted octanol–water partition coefficient (Wildman–Crippen LogP) is -1.98. The number of rotatable bonds is 0. The third-order valence-electron chi connectivity index (χ3n) is 0.733. The monoisotopic (exact) mass is 166 g/mol. The van der Waals surface area contributed by atoms with E-state index in [1.54, 1.807) is 18.2 Å². The molecule has 0 N–H and O–H groups in total. The van der Waals surface area contributed by atoms with Crippen molar-refractivity contribution < 1.29 is 16.8 Å². The zero-order valence-corrected chi connectivity index (χ0v) is 6.63. The summed E-state index contributed by atoms with van der Waals surface area (Å²) in [6.45, 7) is 0. The summed E-state index contributed by atoms with van der Waals surface area (Å²) >= 11 is 0. The molecule has 1 rings (SSSR count). The zero-order chi connectivity index (χ0) is 5.11. The molecule has 0 saturated carbocycles. The van der Waals surface area contributed by atoms with E-state index in [4.69, 9.17) is 0 Å². The summed E-state index contributed by atoms with van der Waals surface area (Å²) in [6, 6.07) is 7.94. The quantitative estimate of drug-likeness (QED) is 0.392. The molecule has 0 aliphatic carbocycles. The zero-order valence-electron chi connectivity index (χ0n) is 4.72. The van der Waals surface area contributed by atoms with Crippen LogP contribution in [0.25, 0.3) is 0 Å². The van der Waals surface area contributed by atoms with Crippen molar-refractivity contribution in [3.05, 3.63) is 36.1 Å². The Morgan fingerprint density at radius 2 is 1.44 bits per heavy atom. The van der Waals surface area contributed by atoms with Crippen molar-refractivity contribution in [2.45, 2.75) is 0 Å². The molecule has 0 bridgehead atoms. The van der Waals surface area contributed by atoms with Crippen molar-refractivity contribution in [3.63, 3.8) is 0 Å². The number of benzene rings is 1. The predicted molar refractivity (Wildman–Crippen MR) is 38.0 cm³/mol. The average Bonchev–Trinajstić information content (AvgIpc) is 1.69. The van der Waals surface area contributed by atoms with Crippen LogP contribution in [-0.2, 0) is 13.5 Å². The van der Waals surface area contributed by atoms with Crippen molar-refractivity contribution in [2.75, 3.05) is 0 Å². The first-order valence-electron chi connectivity index (χ1n) is 2.10. The molecule has 52 valence electrons. The second kappa shape index (κ2) is 5.92. The van der Waals surface area contributed by atoms with Gasteiger partial charge in [0.15, 0.2) is 0 Å². The van der Waals surface area contributed by atoms with Gasteiger partial charge in [-0.05, 0) is 12.1 Å². The van der Waals surface area contributed by atoms with Crippen LogP contribution in [0.1, 0.15) is 0 Å². The van der Waals surface area contributed by atoms with Crippen molar-refractivity contribution >= 4 is 13.5 Å². The maximum atomic E-state index is 11.9. The molecule has 0 nitrogen and oxygen atoms in total. The maximum absolute atomic E-state index is 11.9. The highest BCUT2D eigenvalue weighted by Crippen LogP contribution is 1.91. The van der Waals surface area contributed by atoms with Crippen LogP contribution in [0.2, 0.25) is 0 Å². The van der Waals surface area contributed by atoms with Crippen LogP contribution < -0.4 is 12.4 Å². The fourth-order valence-electron chi connectivity index (χ4n) is 0.415. The van der Waals surface area contributed by atoms with Gasteiger partial charge in [-0.15, -0.1) is 0 Å². The second-order valence-electron chi connectivity index (χ2n) is 1.30. The first kappa shape index (κ1) is 11.6. The van der Waals surface area contributed by atoms with Crippen LogP contribution in [0.3, 0.4) is 0 Å². The molecule has 0 aliphatic rings. The molecule has 0 aliphatic heterocycles. The van der Waals surface area contributed by atoms with Crippen LogP contribution in [0, 0.1) is 5.82 Å². The van der Waals surface area contributed by atoms with Crippen LogP contribution in [0.4, 0.5) is 4.39 Å². The Morgan fingerprint density at radius 1 is 1.00 bits per heavy atom. The minimum atomic E-state index is -0.178. The summed E-state index contributed by atoms with van der Waals surface area (Å²) in [7, 11) is 0. The minimum absolute atomic E-state index is 0. The standard InChI is InChI=1S/C6H5F.ClH.H2S/c7-6-4-2-1-3-5-6;;/h1-5H;1H;1H2. The van der Waals surface area contributed by atoms with E-state index in [9.17, 15) is 4.39 Å². The molecule has 1 aromatic rings. The molecule has 9 heavy (non-hydrogen) atoms. The molecular weight excluding hydrogens is 159 g/mol. The Morgan fingerprint density at radius 3 is 1.67 bits per heavy atom. The smallest absolute Gasteiger partial charge is 0.123 e. The summed E-state index contributed by atoms with van der Waals surface area (Å²) in [5, 5.41) is 0. The van der Waals surface area contributed by atoms with Gasteiger partial charge in [0.05, 0.1) is 0 Å². The largest absolute Gasteiger partial charge is 1.00 e. The molecule has 0 spiro atoms. The fourth-order valence-corrected chi connectivity index (χ4v) is 0.415.